The van der Waals surface area contributed by atoms with Gasteiger partial charge in [0.15, 0.2) is 5.13 Å². The number of ether oxygens (including phenoxy) is 2. The molecule has 106 valence electrons. The Morgan fingerprint density at radius 2 is 1.80 bits per heavy atom. The van der Waals surface area contributed by atoms with Crippen molar-refractivity contribution >= 4 is 22.4 Å². The Labute approximate surface area is 121 Å². The van der Waals surface area contributed by atoms with Crippen molar-refractivity contribution in [3.8, 4) is 11.5 Å². The molecule has 1 aromatic carbocycles. The number of anilines is 1. The lowest BCUT2D eigenvalue weighted by atomic mass is 10.1. The zero-order chi connectivity index (χ0) is 14.7. The number of methoxy groups -OCH3 is 2. The maximum atomic E-state index is 12.2. The fourth-order valence-corrected chi connectivity index (χ4v) is 2.46. The summed E-state index contributed by atoms with van der Waals surface area (Å²) in [5.41, 5.74) is 1.33. The molecule has 1 N–H and O–H groups in total. The van der Waals surface area contributed by atoms with Gasteiger partial charge < -0.3 is 9.47 Å². The second-order valence-corrected chi connectivity index (χ2v) is 5.47. The molecule has 0 unspecified atom stereocenters. The van der Waals surface area contributed by atoms with E-state index in [1.165, 1.54) is 11.3 Å². The third-order valence-electron chi connectivity index (χ3n) is 2.86. The molecule has 2 aromatic rings. The van der Waals surface area contributed by atoms with Gasteiger partial charge in [0, 0.05) is 22.2 Å². The average molecular weight is 292 g/mol. The molecule has 0 spiro atoms. The summed E-state index contributed by atoms with van der Waals surface area (Å²) in [6.07, 6.45) is 1.72. The second-order valence-electron chi connectivity index (χ2n) is 4.24. The number of thiazole rings is 1. The first-order valence-corrected chi connectivity index (χ1v) is 6.83. The van der Waals surface area contributed by atoms with Crippen LogP contribution in [0.2, 0.25) is 0 Å². The highest BCUT2D eigenvalue weighted by Crippen LogP contribution is 2.30. The van der Waals surface area contributed by atoms with Gasteiger partial charge in [-0.15, -0.1) is 11.3 Å². The number of carbonyl (C=O) groups is 1. The summed E-state index contributed by atoms with van der Waals surface area (Å²) in [5.74, 6) is 0.991. The lowest BCUT2D eigenvalue weighted by molar-refractivity contribution is 0.102. The van der Waals surface area contributed by atoms with Crippen LogP contribution in [0, 0.1) is 13.8 Å². The molecule has 1 amide bonds. The molecule has 0 aliphatic carbocycles. The van der Waals surface area contributed by atoms with Crippen molar-refractivity contribution in [2.24, 2.45) is 0 Å². The summed E-state index contributed by atoms with van der Waals surface area (Å²) in [6.45, 7) is 3.81. The summed E-state index contributed by atoms with van der Waals surface area (Å²) < 4.78 is 10.5. The van der Waals surface area contributed by atoms with Crippen molar-refractivity contribution in [1.29, 1.82) is 0 Å². The number of rotatable bonds is 4. The normalized spacial score (nSPS) is 10.2. The number of hydrogen-bond donors (Lipinski definition) is 1. The molecule has 0 radical (unpaired) electrons. The fraction of sp³-hybridized carbons (Fsp3) is 0.286. The van der Waals surface area contributed by atoms with E-state index in [1.54, 1.807) is 32.5 Å². The highest BCUT2D eigenvalue weighted by atomic mass is 32.1. The maximum absolute atomic E-state index is 12.2. The van der Waals surface area contributed by atoms with Crippen molar-refractivity contribution in [2.75, 3.05) is 19.5 Å². The van der Waals surface area contributed by atoms with Crippen molar-refractivity contribution < 1.29 is 14.3 Å². The smallest absolute Gasteiger partial charge is 0.257 e. The third-order valence-corrected chi connectivity index (χ3v) is 3.68. The first kappa shape index (κ1) is 14.3. The maximum Gasteiger partial charge on any atom is 0.257 e. The molecule has 0 saturated carbocycles. The van der Waals surface area contributed by atoms with Gasteiger partial charge in [0.25, 0.3) is 5.91 Å². The lowest BCUT2D eigenvalue weighted by Gasteiger charge is -2.12. The molecule has 1 heterocycles. The number of nitrogens with zero attached hydrogens (tertiary/aromatic N) is 1. The molecule has 0 aliphatic rings. The number of nitrogens with one attached hydrogen (secondary N) is 1. The molecule has 0 atom stereocenters. The Morgan fingerprint density at radius 1 is 1.20 bits per heavy atom. The molecule has 1 aromatic heterocycles. The minimum absolute atomic E-state index is 0.240. The largest absolute Gasteiger partial charge is 0.496 e. The summed E-state index contributed by atoms with van der Waals surface area (Å²) in [6, 6.07) is 3.38. The summed E-state index contributed by atoms with van der Waals surface area (Å²) in [4.78, 5) is 17.4. The van der Waals surface area contributed by atoms with Gasteiger partial charge in [0.2, 0.25) is 0 Å². The van der Waals surface area contributed by atoms with Crippen LogP contribution in [0.1, 0.15) is 20.8 Å². The zero-order valence-corrected chi connectivity index (χ0v) is 12.6. The van der Waals surface area contributed by atoms with E-state index in [2.05, 4.69) is 10.3 Å². The first-order valence-electron chi connectivity index (χ1n) is 6.01. The Kier molecular flexibility index (Phi) is 4.24. The van der Waals surface area contributed by atoms with Crippen LogP contribution < -0.4 is 14.8 Å². The van der Waals surface area contributed by atoms with Crippen LogP contribution in [0.25, 0.3) is 0 Å². The van der Waals surface area contributed by atoms with Crippen LogP contribution in [0.4, 0.5) is 5.13 Å². The van der Waals surface area contributed by atoms with Crippen LogP contribution >= 0.6 is 11.3 Å². The van der Waals surface area contributed by atoms with E-state index < -0.39 is 0 Å². The van der Waals surface area contributed by atoms with Crippen molar-refractivity contribution in [3.63, 3.8) is 0 Å². The Balaban J connectivity index is 2.29. The molecular weight excluding hydrogens is 276 g/mol. The predicted octanol–water partition coefficient (Wildman–Crippen LogP) is 3.03. The van der Waals surface area contributed by atoms with Crippen LogP contribution in [0.3, 0.4) is 0 Å². The van der Waals surface area contributed by atoms with E-state index in [0.29, 0.717) is 22.2 Å². The van der Waals surface area contributed by atoms with Gasteiger partial charge in [-0.25, -0.2) is 4.98 Å². The van der Waals surface area contributed by atoms with Crippen molar-refractivity contribution in [2.45, 2.75) is 13.8 Å². The highest BCUT2D eigenvalue weighted by Gasteiger charge is 2.14. The van der Waals surface area contributed by atoms with Gasteiger partial charge in [0.1, 0.15) is 11.5 Å². The fourth-order valence-electron chi connectivity index (χ4n) is 1.80. The predicted molar refractivity (Wildman–Crippen MR) is 79.1 cm³/mol. The Morgan fingerprint density at radius 3 is 2.25 bits per heavy atom. The van der Waals surface area contributed by atoms with Crippen LogP contribution in [0.15, 0.2) is 18.3 Å². The quantitative estimate of drug-likeness (QED) is 0.941. The van der Waals surface area contributed by atoms with Gasteiger partial charge in [-0.3, -0.25) is 10.1 Å². The van der Waals surface area contributed by atoms with Crippen LogP contribution in [0.5, 0.6) is 11.5 Å². The van der Waals surface area contributed by atoms with E-state index in [4.69, 9.17) is 9.47 Å². The molecule has 20 heavy (non-hydrogen) atoms. The van der Waals surface area contributed by atoms with E-state index in [-0.39, 0.29) is 5.91 Å². The number of amides is 1. The number of carbonyl (C=O) groups excluding carboxylic acids is 1. The Bertz CT molecular complexity index is 612. The van der Waals surface area contributed by atoms with Gasteiger partial charge in [0.05, 0.1) is 14.2 Å². The van der Waals surface area contributed by atoms with E-state index in [0.717, 1.165) is 10.4 Å². The molecule has 0 saturated heterocycles. The lowest BCUT2D eigenvalue weighted by Crippen LogP contribution is -2.12. The molecule has 0 fully saturated rings. The molecule has 0 bridgehead atoms. The number of aryl methyl sites for hydroxylation is 1. The standard InChI is InChI=1S/C14H16N2O3S/c1-8-7-15-14(20-8)16-13(17)10-5-11(18-3)9(2)12(6-10)19-4/h5-7H,1-4H3,(H,15,16,17). The van der Waals surface area contributed by atoms with Gasteiger partial charge in [-0.1, -0.05) is 0 Å². The molecule has 2 rings (SSSR count). The highest BCUT2D eigenvalue weighted by molar-refractivity contribution is 7.15. The zero-order valence-electron chi connectivity index (χ0n) is 11.8. The monoisotopic (exact) mass is 292 g/mol. The first-order chi connectivity index (χ1) is 9.55. The van der Waals surface area contributed by atoms with Gasteiger partial charge in [-0.05, 0) is 26.0 Å². The molecule has 6 heteroatoms. The van der Waals surface area contributed by atoms with E-state index in [1.807, 2.05) is 13.8 Å². The minimum atomic E-state index is -0.240. The Hall–Kier alpha value is -2.08. The van der Waals surface area contributed by atoms with Crippen molar-refractivity contribution in [3.05, 3.63) is 34.3 Å². The minimum Gasteiger partial charge on any atom is -0.496 e. The topological polar surface area (TPSA) is 60.5 Å². The molecular formula is C14H16N2O3S. The van der Waals surface area contributed by atoms with Crippen molar-refractivity contribution in [1.82, 2.24) is 4.98 Å². The SMILES string of the molecule is COc1cc(C(=O)Nc2ncc(C)s2)cc(OC)c1C. The summed E-state index contributed by atoms with van der Waals surface area (Å²) in [5, 5.41) is 3.33. The van der Waals surface area contributed by atoms with E-state index in [9.17, 15) is 4.79 Å². The third kappa shape index (κ3) is 2.91. The summed E-state index contributed by atoms with van der Waals surface area (Å²) in [7, 11) is 3.13. The number of benzene rings is 1. The van der Waals surface area contributed by atoms with Gasteiger partial charge in [-0.2, -0.15) is 0 Å². The summed E-state index contributed by atoms with van der Waals surface area (Å²) >= 11 is 1.43. The average Bonchev–Trinajstić information content (AvgIpc) is 2.84. The van der Waals surface area contributed by atoms with E-state index >= 15 is 0 Å². The second kappa shape index (κ2) is 5.92. The number of aromatic nitrogens is 1. The van der Waals surface area contributed by atoms with Crippen LogP contribution in [-0.4, -0.2) is 25.1 Å². The number of hydrogen-bond acceptors (Lipinski definition) is 5. The molecule has 0 aliphatic heterocycles. The molecule has 5 nitrogen and oxygen atoms in total. The van der Waals surface area contributed by atoms with Gasteiger partial charge >= 0.3 is 0 Å². The van der Waals surface area contributed by atoms with Crippen LogP contribution in [-0.2, 0) is 0 Å².